The minimum Gasteiger partial charge on any atom is -0.348 e. The minimum atomic E-state index is -0.301. The highest BCUT2D eigenvalue weighted by Gasteiger charge is 2.12. The summed E-state index contributed by atoms with van der Waals surface area (Å²) in [5.41, 5.74) is 4.16. The summed E-state index contributed by atoms with van der Waals surface area (Å²) >= 11 is 0. The second-order valence-electron chi connectivity index (χ2n) is 6.04. The maximum absolute atomic E-state index is 13.3. The van der Waals surface area contributed by atoms with E-state index in [1.807, 2.05) is 13.8 Å². The van der Waals surface area contributed by atoms with Crippen LogP contribution in [0, 0.1) is 12.7 Å². The minimum absolute atomic E-state index is 0.261. The van der Waals surface area contributed by atoms with Gasteiger partial charge in [0, 0.05) is 29.6 Å². The van der Waals surface area contributed by atoms with Crippen molar-refractivity contribution in [3.63, 3.8) is 0 Å². The fourth-order valence-corrected chi connectivity index (χ4v) is 2.14. The van der Waals surface area contributed by atoms with Crippen LogP contribution in [0.3, 0.4) is 0 Å². The molecule has 5 heteroatoms. The quantitative estimate of drug-likeness (QED) is 0.614. The van der Waals surface area contributed by atoms with Crippen molar-refractivity contribution in [3.8, 4) is 0 Å². The molecule has 1 aromatic rings. The predicted molar refractivity (Wildman–Crippen MR) is 99.3 cm³/mol. The molecule has 0 spiro atoms. The number of benzene rings is 1. The largest absolute Gasteiger partial charge is 0.348 e. The van der Waals surface area contributed by atoms with Gasteiger partial charge in [0.2, 0.25) is 0 Å². The van der Waals surface area contributed by atoms with Crippen LogP contribution in [0.15, 0.2) is 71.0 Å². The highest BCUT2D eigenvalue weighted by molar-refractivity contribution is 6.04. The van der Waals surface area contributed by atoms with Crippen LogP contribution in [0.2, 0.25) is 0 Å². The smallest absolute Gasteiger partial charge is 0.251 e. The van der Waals surface area contributed by atoms with Gasteiger partial charge in [-0.1, -0.05) is 25.3 Å². The lowest BCUT2D eigenvalue weighted by Gasteiger charge is -2.17. The van der Waals surface area contributed by atoms with Crippen LogP contribution in [-0.4, -0.2) is 11.7 Å². The number of nitrogens with one attached hydrogen (secondary N) is 2. The van der Waals surface area contributed by atoms with Gasteiger partial charge in [-0.15, -0.1) is 0 Å². The Bertz CT molecular complexity index is 831. The molecule has 2 rings (SSSR count). The summed E-state index contributed by atoms with van der Waals surface area (Å²) in [4.78, 5) is 16.3. The van der Waals surface area contributed by atoms with E-state index >= 15 is 0 Å². The standard InChI is InChI=1S/C20H22FN3O/c1-12(2)18(24-19-15(5)10-22-19)9-14(4)20(25)23-11-16-6-7-17(21)13(3)8-16/h6-10H,1,4,11H2,2-3,5H3,(H,22,24)(H,23,25)/b18-9-. The highest BCUT2D eigenvalue weighted by atomic mass is 19.1. The number of allylic oxidation sites excluding steroid dienone is 1. The van der Waals surface area contributed by atoms with Gasteiger partial charge in [0.25, 0.3) is 5.91 Å². The molecule has 0 radical (unpaired) electrons. The van der Waals surface area contributed by atoms with Crippen molar-refractivity contribution in [2.24, 2.45) is 4.99 Å². The number of rotatable bonds is 6. The normalized spacial score (nSPS) is 13.4. The molecule has 0 aromatic heterocycles. The predicted octanol–water partition coefficient (Wildman–Crippen LogP) is 3.67. The number of nitrogens with zero attached hydrogens (tertiary/aromatic N) is 1. The fraction of sp³-hybridized carbons (Fsp3) is 0.200. The van der Waals surface area contributed by atoms with Crippen LogP contribution in [0.1, 0.15) is 25.0 Å². The monoisotopic (exact) mass is 339 g/mol. The van der Waals surface area contributed by atoms with E-state index in [4.69, 9.17) is 0 Å². The number of halogens is 1. The Kier molecular flexibility index (Phi) is 5.70. The van der Waals surface area contributed by atoms with Crippen molar-refractivity contribution in [2.75, 3.05) is 0 Å². The van der Waals surface area contributed by atoms with Crippen LogP contribution in [0.4, 0.5) is 4.39 Å². The van der Waals surface area contributed by atoms with E-state index in [1.54, 1.807) is 31.3 Å². The Balaban J connectivity index is 1.98. The van der Waals surface area contributed by atoms with E-state index in [2.05, 4.69) is 28.8 Å². The van der Waals surface area contributed by atoms with E-state index in [1.165, 1.54) is 6.07 Å². The maximum atomic E-state index is 13.3. The third-order valence-corrected chi connectivity index (χ3v) is 3.76. The van der Waals surface area contributed by atoms with E-state index in [0.717, 1.165) is 22.5 Å². The summed E-state index contributed by atoms with van der Waals surface area (Å²) in [5, 5.41) is 5.91. The van der Waals surface area contributed by atoms with E-state index in [9.17, 15) is 9.18 Å². The molecule has 1 heterocycles. The second-order valence-corrected chi connectivity index (χ2v) is 6.04. The number of amides is 1. The topological polar surface area (TPSA) is 53.5 Å². The Morgan fingerprint density at radius 1 is 1.32 bits per heavy atom. The van der Waals surface area contributed by atoms with Crippen LogP contribution in [0.5, 0.6) is 0 Å². The number of carbonyl (C=O) groups excluding carboxylic acids is 1. The first-order chi connectivity index (χ1) is 11.8. The van der Waals surface area contributed by atoms with Gasteiger partial charge in [0.15, 0.2) is 0 Å². The van der Waals surface area contributed by atoms with Gasteiger partial charge in [-0.05, 0) is 49.6 Å². The van der Waals surface area contributed by atoms with E-state index in [-0.39, 0.29) is 11.7 Å². The average Bonchev–Trinajstić information content (AvgIpc) is 2.57. The molecule has 1 aliphatic rings. The number of aliphatic imine (C=N–C) groups is 1. The van der Waals surface area contributed by atoms with Gasteiger partial charge in [0.05, 0.1) is 0 Å². The zero-order chi connectivity index (χ0) is 18.6. The Morgan fingerprint density at radius 3 is 2.56 bits per heavy atom. The zero-order valence-corrected chi connectivity index (χ0v) is 14.7. The first kappa shape index (κ1) is 18.4. The molecule has 4 nitrogen and oxygen atoms in total. The molecule has 0 unspecified atom stereocenters. The number of hydrogen-bond donors (Lipinski definition) is 2. The molecular formula is C20H22FN3O. The van der Waals surface area contributed by atoms with Crippen molar-refractivity contribution < 1.29 is 9.18 Å². The molecule has 0 fully saturated rings. The molecule has 2 N–H and O–H groups in total. The molecule has 0 aliphatic carbocycles. The summed E-state index contributed by atoms with van der Waals surface area (Å²) in [5.74, 6) is 0.192. The van der Waals surface area contributed by atoms with Crippen LogP contribution < -0.4 is 10.6 Å². The van der Waals surface area contributed by atoms with Crippen molar-refractivity contribution in [1.82, 2.24) is 10.6 Å². The number of hydrogen-bond acceptors (Lipinski definition) is 3. The maximum Gasteiger partial charge on any atom is 0.251 e. The van der Waals surface area contributed by atoms with Crippen molar-refractivity contribution in [1.29, 1.82) is 0 Å². The average molecular weight is 339 g/mol. The molecule has 1 amide bonds. The fourth-order valence-electron chi connectivity index (χ4n) is 2.14. The lowest BCUT2D eigenvalue weighted by atomic mass is 10.1. The molecule has 25 heavy (non-hydrogen) atoms. The summed E-state index contributed by atoms with van der Waals surface area (Å²) in [6.45, 7) is 13.5. The number of aryl methyl sites for hydroxylation is 1. The highest BCUT2D eigenvalue weighted by Crippen LogP contribution is 2.13. The third kappa shape index (κ3) is 4.76. The molecule has 0 bridgehead atoms. The van der Waals surface area contributed by atoms with Gasteiger partial charge in [-0.25, -0.2) is 9.38 Å². The molecule has 0 saturated carbocycles. The number of carbonyl (C=O) groups is 1. The zero-order valence-electron chi connectivity index (χ0n) is 14.7. The van der Waals surface area contributed by atoms with Crippen LogP contribution in [0.25, 0.3) is 0 Å². The first-order valence-corrected chi connectivity index (χ1v) is 7.89. The molecule has 0 saturated heterocycles. The molecule has 1 aromatic carbocycles. The number of amidine groups is 1. The first-order valence-electron chi connectivity index (χ1n) is 7.89. The lowest BCUT2D eigenvalue weighted by molar-refractivity contribution is -0.117. The third-order valence-electron chi connectivity index (χ3n) is 3.76. The van der Waals surface area contributed by atoms with Crippen LogP contribution in [-0.2, 0) is 11.3 Å². The second kappa shape index (κ2) is 7.75. The van der Waals surface area contributed by atoms with Gasteiger partial charge >= 0.3 is 0 Å². The van der Waals surface area contributed by atoms with E-state index in [0.29, 0.717) is 23.4 Å². The van der Waals surface area contributed by atoms with E-state index < -0.39 is 0 Å². The van der Waals surface area contributed by atoms with Gasteiger partial charge < -0.3 is 10.6 Å². The molecule has 0 atom stereocenters. The Morgan fingerprint density at radius 2 is 2.04 bits per heavy atom. The van der Waals surface area contributed by atoms with Gasteiger partial charge in [-0.2, -0.15) is 0 Å². The van der Waals surface area contributed by atoms with Gasteiger partial charge in [-0.3, -0.25) is 4.79 Å². The summed E-state index contributed by atoms with van der Waals surface area (Å²) < 4.78 is 13.3. The summed E-state index contributed by atoms with van der Waals surface area (Å²) in [7, 11) is 0. The molecule has 1 aliphatic heterocycles. The Hall–Kier alpha value is -2.95. The van der Waals surface area contributed by atoms with Gasteiger partial charge in [0.1, 0.15) is 11.7 Å². The SMILES string of the molecule is C=C(/C=C(\NC1=NC=C1C)C(=C)C)C(=O)NCc1ccc(F)c(C)c1. The summed E-state index contributed by atoms with van der Waals surface area (Å²) in [6.07, 6.45) is 3.40. The molecular weight excluding hydrogens is 317 g/mol. The lowest BCUT2D eigenvalue weighted by Crippen LogP contribution is -2.29. The molecule has 130 valence electrons. The van der Waals surface area contributed by atoms with Crippen molar-refractivity contribution in [2.45, 2.75) is 27.3 Å². The summed E-state index contributed by atoms with van der Waals surface area (Å²) in [6, 6.07) is 4.74. The van der Waals surface area contributed by atoms with Crippen molar-refractivity contribution >= 4 is 11.7 Å². The Labute approximate surface area is 147 Å². The van der Waals surface area contributed by atoms with Crippen molar-refractivity contribution in [3.05, 3.63) is 83.0 Å². The van der Waals surface area contributed by atoms with Crippen LogP contribution >= 0.6 is 0 Å².